The zero-order valence-electron chi connectivity index (χ0n) is 22.6. The van der Waals surface area contributed by atoms with Gasteiger partial charge < -0.3 is 14.6 Å². The van der Waals surface area contributed by atoms with Crippen LogP contribution in [0.4, 0.5) is 15.3 Å². The maximum absolute atomic E-state index is 13.1. The van der Waals surface area contributed by atoms with Crippen molar-refractivity contribution in [1.29, 1.82) is 5.26 Å². The van der Waals surface area contributed by atoms with E-state index >= 15 is 0 Å². The molecule has 0 aliphatic carbocycles. The lowest BCUT2D eigenvalue weighted by Crippen LogP contribution is -2.36. The summed E-state index contributed by atoms with van der Waals surface area (Å²) >= 11 is 0. The predicted molar refractivity (Wildman–Crippen MR) is 144 cm³/mol. The number of nitriles is 1. The number of hydrogen-bond donors (Lipinski definition) is 1. The summed E-state index contributed by atoms with van der Waals surface area (Å²) in [5, 5.41) is 19.7. The molecule has 0 saturated heterocycles. The van der Waals surface area contributed by atoms with Crippen LogP contribution in [-0.2, 0) is 16.6 Å². The fourth-order valence-corrected chi connectivity index (χ4v) is 5.36. The van der Waals surface area contributed by atoms with Crippen molar-refractivity contribution in [3.8, 4) is 11.8 Å². The van der Waals surface area contributed by atoms with Crippen molar-refractivity contribution < 1.29 is 24.2 Å². The molecule has 2 aromatic carbocycles. The third-order valence-electron chi connectivity index (χ3n) is 6.82. The Morgan fingerprint density at radius 1 is 1.26 bits per heavy atom. The molecule has 0 fully saturated rings. The minimum atomic E-state index is -1.22. The minimum absolute atomic E-state index is 0.273. The summed E-state index contributed by atoms with van der Waals surface area (Å²) in [6, 6.07) is 8.70. The smallest absolute Gasteiger partial charge is 0.417 e. The Kier molecular flexibility index (Phi) is 6.70. The number of carboxylic acid groups (broad SMARTS) is 1. The number of ether oxygens (including phenoxy) is 2. The van der Waals surface area contributed by atoms with E-state index in [-0.39, 0.29) is 5.82 Å². The van der Waals surface area contributed by atoms with Gasteiger partial charge in [-0.15, -0.1) is 6.58 Å². The van der Waals surface area contributed by atoms with Crippen molar-refractivity contribution in [2.24, 2.45) is 0 Å². The molecule has 0 bridgehead atoms. The van der Waals surface area contributed by atoms with Crippen molar-refractivity contribution in [2.45, 2.75) is 58.5 Å². The van der Waals surface area contributed by atoms with Gasteiger partial charge in [0.15, 0.2) is 0 Å². The number of rotatable bonds is 5. The van der Waals surface area contributed by atoms with Crippen molar-refractivity contribution in [3.63, 3.8) is 0 Å². The van der Waals surface area contributed by atoms with Gasteiger partial charge in [0.2, 0.25) is 0 Å². The Balaban J connectivity index is 2.03. The molecule has 3 aromatic rings. The molecule has 1 N–H and O–H groups in total. The van der Waals surface area contributed by atoms with Crippen molar-refractivity contribution in [3.05, 3.63) is 65.0 Å². The molecule has 9 nitrogen and oxygen atoms in total. The van der Waals surface area contributed by atoms with E-state index in [1.165, 1.54) is 6.07 Å². The van der Waals surface area contributed by atoms with Gasteiger partial charge >= 0.3 is 12.2 Å². The summed E-state index contributed by atoms with van der Waals surface area (Å²) in [5.74, 6) is 0.841. The zero-order chi connectivity index (χ0) is 28.0. The number of carbonyl (C=O) groups is 2. The maximum Gasteiger partial charge on any atom is 0.417 e. The number of benzene rings is 2. The Labute approximate surface area is 221 Å². The molecule has 1 unspecified atom stereocenters. The summed E-state index contributed by atoms with van der Waals surface area (Å²) in [7, 11) is 1.57. The molecule has 0 saturated carbocycles. The number of aromatic nitrogens is 2. The monoisotopic (exact) mass is 516 g/mol. The molecule has 0 radical (unpaired) electrons. The van der Waals surface area contributed by atoms with Gasteiger partial charge in [-0.1, -0.05) is 6.08 Å². The van der Waals surface area contributed by atoms with Gasteiger partial charge in [-0.2, -0.15) is 5.26 Å². The van der Waals surface area contributed by atoms with Crippen LogP contribution in [0.2, 0.25) is 0 Å². The second-order valence-electron chi connectivity index (χ2n) is 10.7. The fraction of sp³-hybridized carbons (Fsp3) is 0.379. The number of hydrogen-bond acceptors (Lipinski definition) is 6. The highest BCUT2D eigenvalue weighted by molar-refractivity contribution is 5.93. The molecule has 1 aromatic heterocycles. The number of methoxy groups -OCH3 is 1. The van der Waals surface area contributed by atoms with Gasteiger partial charge in [0.1, 0.15) is 17.2 Å². The molecule has 1 atom stereocenters. The lowest BCUT2D eigenvalue weighted by molar-refractivity contribution is 0.0583. The lowest BCUT2D eigenvalue weighted by Gasteiger charge is -2.33. The fourth-order valence-electron chi connectivity index (χ4n) is 5.36. The van der Waals surface area contributed by atoms with Crippen molar-refractivity contribution in [2.75, 3.05) is 18.6 Å². The molecule has 4 rings (SSSR count). The van der Waals surface area contributed by atoms with E-state index in [1.54, 1.807) is 30.2 Å². The lowest BCUT2D eigenvalue weighted by atomic mass is 9.74. The molecular weight excluding hydrogens is 484 g/mol. The first-order valence-corrected chi connectivity index (χ1v) is 12.3. The van der Waals surface area contributed by atoms with E-state index < -0.39 is 23.2 Å². The highest BCUT2D eigenvalue weighted by atomic mass is 16.6. The number of carbonyl (C=O) groups excluding carboxylic acids is 1. The molecule has 1 aliphatic rings. The van der Waals surface area contributed by atoms with E-state index in [0.717, 1.165) is 26.9 Å². The number of allylic oxidation sites excluding steroid dienone is 1. The predicted octanol–water partition coefficient (Wildman–Crippen LogP) is 5.93. The quantitative estimate of drug-likeness (QED) is 0.418. The summed E-state index contributed by atoms with van der Waals surface area (Å²) in [6.45, 7) is 13.6. The Morgan fingerprint density at radius 3 is 2.55 bits per heavy atom. The van der Waals surface area contributed by atoms with Crippen LogP contribution in [0.3, 0.4) is 0 Å². The SMILES string of the molecule is C=CCC(C)(c1c(OC)cc(C)c2c1CCN2C(=O)OC(C)(C)C)c1nc2ccc(C#N)cc2n1C(=O)O. The molecule has 9 heteroatoms. The zero-order valence-corrected chi connectivity index (χ0v) is 22.6. The minimum Gasteiger partial charge on any atom is -0.496 e. The van der Waals surface area contributed by atoms with E-state index in [1.807, 2.05) is 40.7 Å². The normalized spacial score (nSPS) is 14.5. The van der Waals surface area contributed by atoms with E-state index in [9.17, 15) is 20.0 Å². The average molecular weight is 517 g/mol. The maximum atomic E-state index is 13.1. The van der Waals surface area contributed by atoms with Gasteiger partial charge in [-0.05, 0) is 82.9 Å². The average Bonchev–Trinajstić information content (AvgIpc) is 3.45. The first kappa shape index (κ1) is 26.7. The number of fused-ring (bicyclic) bond motifs is 2. The highest BCUT2D eigenvalue weighted by Crippen LogP contribution is 2.49. The van der Waals surface area contributed by atoms with Crippen LogP contribution in [0.1, 0.15) is 62.2 Å². The highest BCUT2D eigenvalue weighted by Gasteiger charge is 2.43. The second-order valence-corrected chi connectivity index (χ2v) is 10.7. The van der Waals surface area contributed by atoms with Crippen LogP contribution in [0.25, 0.3) is 11.0 Å². The van der Waals surface area contributed by atoms with Gasteiger partial charge in [0.05, 0.1) is 40.9 Å². The van der Waals surface area contributed by atoms with Gasteiger partial charge in [-0.25, -0.2) is 19.1 Å². The molecular formula is C29H32N4O5. The second kappa shape index (κ2) is 9.53. The standard InChI is InChI=1S/C29H32N4O5/c1-8-12-29(6,25-31-20-10-9-18(16-30)15-21(20)33(25)26(34)35)23-19-11-13-32(27(36)38-28(3,4)5)24(19)17(2)14-22(23)37-7/h8-10,14-15H,1,11-13H2,2-7H3,(H,34,35). The Bertz CT molecular complexity index is 1510. The van der Waals surface area contributed by atoms with Crippen molar-refractivity contribution >= 4 is 28.9 Å². The largest absolute Gasteiger partial charge is 0.496 e. The van der Waals surface area contributed by atoms with Crippen LogP contribution in [0.15, 0.2) is 36.9 Å². The van der Waals surface area contributed by atoms with E-state index in [2.05, 4.69) is 12.6 Å². The first-order valence-electron chi connectivity index (χ1n) is 12.3. The Hall–Kier alpha value is -4.32. The van der Waals surface area contributed by atoms with E-state index in [0.29, 0.717) is 41.7 Å². The topological polar surface area (TPSA) is 118 Å². The third kappa shape index (κ3) is 4.36. The number of aryl methyl sites for hydroxylation is 1. The molecule has 1 amide bonds. The molecule has 0 spiro atoms. The van der Waals surface area contributed by atoms with Gasteiger partial charge in [0, 0.05) is 12.1 Å². The first-order chi connectivity index (χ1) is 17.9. The van der Waals surface area contributed by atoms with Gasteiger partial charge in [-0.3, -0.25) is 4.90 Å². The molecule has 2 heterocycles. The van der Waals surface area contributed by atoms with E-state index in [4.69, 9.17) is 14.5 Å². The summed E-state index contributed by atoms with van der Waals surface area (Å²) < 4.78 is 12.7. The number of nitrogens with zero attached hydrogens (tertiary/aromatic N) is 4. The molecule has 198 valence electrons. The van der Waals surface area contributed by atoms with Crippen LogP contribution < -0.4 is 9.64 Å². The number of imidazole rings is 1. The summed E-state index contributed by atoms with van der Waals surface area (Å²) in [5.41, 5.74) is 2.64. The summed E-state index contributed by atoms with van der Waals surface area (Å²) in [4.78, 5) is 32.2. The van der Waals surface area contributed by atoms with Crippen LogP contribution in [-0.4, -0.2) is 46.1 Å². The van der Waals surface area contributed by atoms with Crippen molar-refractivity contribution in [1.82, 2.24) is 9.55 Å². The molecule has 38 heavy (non-hydrogen) atoms. The van der Waals surface area contributed by atoms with Crippen LogP contribution in [0.5, 0.6) is 5.75 Å². The number of amides is 1. The van der Waals surface area contributed by atoms with Gasteiger partial charge in [0.25, 0.3) is 0 Å². The summed E-state index contributed by atoms with van der Waals surface area (Å²) in [6.07, 6.45) is 0.931. The molecule has 1 aliphatic heterocycles. The number of anilines is 1. The third-order valence-corrected chi connectivity index (χ3v) is 6.82. The van der Waals surface area contributed by atoms with Crippen LogP contribution in [0, 0.1) is 18.3 Å². The van der Waals surface area contributed by atoms with Crippen LogP contribution >= 0.6 is 0 Å². The Morgan fingerprint density at radius 2 is 1.97 bits per heavy atom.